The van der Waals surface area contributed by atoms with Gasteiger partial charge in [-0.15, -0.1) is 0 Å². The van der Waals surface area contributed by atoms with Gasteiger partial charge in [-0.05, 0) is 73.9 Å². The molecule has 1 aromatic carbocycles. The Morgan fingerprint density at radius 3 is 2.46 bits per heavy atom. The number of hydrogen-bond acceptors (Lipinski definition) is 3. The van der Waals surface area contributed by atoms with Gasteiger partial charge in [-0.25, -0.2) is 4.98 Å². The van der Waals surface area contributed by atoms with Crippen molar-refractivity contribution in [1.29, 1.82) is 0 Å². The largest absolute Gasteiger partial charge is 0.354 e. The van der Waals surface area contributed by atoms with E-state index in [0.717, 1.165) is 43.0 Å². The second-order valence-corrected chi connectivity index (χ2v) is 10.4. The Bertz CT molecular complexity index is 1350. The van der Waals surface area contributed by atoms with Crippen molar-refractivity contribution in [3.63, 3.8) is 0 Å². The molecule has 0 aliphatic carbocycles. The molecule has 3 aromatic heterocycles. The molecule has 0 radical (unpaired) electrons. The number of fused-ring (bicyclic) bond motifs is 1. The van der Waals surface area contributed by atoms with E-state index in [2.05, 4.69) is 73.0 Å². The summed E-state index contributed by atoms with van der Waals surface area (Å²) in [6, 6.07) is 11.2. The average Bonchev–Trinajstić information content (AvgIpc) is 3.41. The van der Waals surface area contributed by atoms with Gasteiger partial charge in [0.2, 0.25) is 5.91 Å². The smallest absolute Gasteiger partial charge is 0.228 e. The number of amides is 1. The van der Waals surface area contributed by atoms with Crippen LogP contribution in [-0.4, -0.2) is 43.4 Å². The molecule has 0 unspecified atom stereocenters. The number of carbonyl (C=O) groups is 1. The molecule has 0 bridgehead atoms. The lowest BCUT2D eigenvalue weighted by molar-refractivity contribution is -0.131. The zero-order chi connectivity index (χ0) is 24.7. The molecule has 35 heavy (non-hydrogen) atoms. The van der Waals surface area contributed by atoms with Crippen molar-refractivity contribution in [1.82, 2.24) is 24.4 Å². The van der Waals surface area contributed by atoms with Crippen molar-refractivity contribution < 1.29 is 4.79 Å². The molecule has 0 spiro atoms. The summed E-state index contributed by atoms with van der Waals surface area (Å²) in [4.78, 5) is 27.3. The van der Waals surface area contributed by atoms with Gasteiger partial charge in [0, 0.05) is 54.2 Å². The van der Waals surface area contributed by atoms with Gasteiger partial charge in [0.05, 0.1) is 24.1 Å². The number of likely N-dealkylation sites (tertiary alicyclic amines) is 1. The van der Waals surface area contributed by atoms with Crippen LogP contribution in [0.2, 0.25) is 0 Å². The normalized spacial score (nSPS) is 14.9. The molecule has 0 atom stereocenters. The molecule has 1 aliphatic heterocycles. The van der Waals surface area contributed by atoms with Crippen molar-refractivity contribution in [2.24, 2.45) is 7.05 Å². The molecule has 1 aliphatic rings. The summed E-state index contributed by atoms with van der Waals surface area (Å²) >= 11 is 0. The zero-order valence-electron chi connectivity index (χ0n) is 21.4. The Hall–Kier alpha value is -3.41. The van der Waals surface area contributed by atoms with Gasteiger partial charge in [0.15, 0.2) is 0 Å². The van der Waals surface area contributed by atoms with E-state index < -0.39 is 0 Å². The van der Waals surface area contributed by atoms with Crippen molar-refractivity contribution in [2.45, 2.75) is 58.8 Å². The van der Waals surface area contributed by atoms with Crippen molar-refractivity contribution in [2.75, 3.05) is 13.1 Å². The third kappa shape index (κ3) is 4.75. The number of aryl methyl sites for hydroxylation is 3. The van der Waals surface area contributed by atoms with Crippen LogP contribution in [-0.2, 0) is 18.3 Å². The minimum absolute atomic E-state index is 0.179. The van der Waals surface area contributed by atoms with E-state index in [9.17, 15) is 4.79 Å². The van der Waals surface area contributed by atoms with E-state index in [1.165, 1.54) is 33.3 Å². The van der Waals surface area contributed by atoms with Gasteiger partial charge < -0.3 is 14.5 Å². The van der Waals surface area contributed by atoms with Crippen LogP contribution in [0.25, 0.3) is 22.2 Å². The maximum absolute atomic E-state index is 12.8. The Morgan fingerprint density at radius 1 is 1.11 bits per heavy atom. The lowest BCUT2D eigenvalue weighted by atomic mass is 9.87. The topological polar surface area (TPSA) is 66.8 Å². The predicted octanol–water partition coefficient (Wildman–Crippen LogP) is 5.65. The SMILES string of the molecule is Cc1cc(-c2[nH]c3ccc(C4CCN(C(=O)Cc5cn(C)cn5)CC4)cc3c2C(C)C)cc(C)n1. The number of pyridine rings is 1. The first-order valence-corrected chi connectivity index (χ1v) is 12.6. The molecule has 1 N–H and O–H groups in total. The van der Waals surface area contributed by atoms with E-state index in [4.69, 9.17) is 0 Å². The van der Waals surface area contributed by atoms with Gasteiger partial charge in [0.25, 0.3) is 0 Å². The monoisotopic (exact) mass is 469 g/mol. The number of aromatic nitrogens is 4. The average molecular weight is 470 g/mol. The number of carbonyl (C=O) groups excluding carboxylic acids is 1. The Morgan fingerprint density at radius 2 is 1.83 bits per heavy atom. The highest BCUT2D eigenvalue weighted by Crippen LogP contribution is 2.38. The summed E-state index contributed by atoms with van der Waals surface area (Å²) < 4.78 is 1.89. The van der Waals surface area contributed by atoms with E-state index in [1.54, 1.807) is 6.33 Å². The number of nitrogens with one attached hydrogen (secondary N) is 1. The standard InChI is InChI=1S/C29H35N5O/c1-18(2)28-25-14-22(6-7-26(25)32-29(28)23-12-19(3)31-20(4)13-23)21-8-10-34(11-9-21)27(35)15-24-16-33(5)17-30-24/h6-7,12-14,16-18,21,32H,8-11,15H2,1-5H3. The number of nitrogens with zero attached hydrogens (tertiary/aromatic N) is 4. The Balaban J connectivity index is 1.37. The molecule has 1 amide bonds. The Kier molecular flexibility index (Phi) is 6.22. The molecule has 6 nitrogen and oxygen atoms in total. The first-order chi connectivity index (χ1) is 16.8. The molecular weight excluding hydrogens is 434 g/mol. The van der Waals surface area contributed by atoms with E-state index in [-0.39, 0.29) is 5.91 Å². The van der Waals surface area contributed by atoms with E-state index >= 15 is 0 Å². The summed E-state index contributed by atoms with van der Waals surface area (Å²) in [6.45, 7) is 10.3. The predicted molar refractivity (Wildman–Crippen MR) is 141 cm³/mol. The molecule has 6 heteroatoms. The van der Waals surface area contributed by atoms with Gasteiger partial charge in [-0.2, -0.15) is 0 Å². The molecule has 1 fully saturated rings. The second-order valence-electron chi connectivity index (χ2n) is 10.4. The molecule has 0 saturated carbocycles. The fourth-order valence-electron chi connectivity index (χ4n) is 5.58. The minimum Gasteiger partial charge on any atom is -0.354 e. The lowest BCUT2D eigenvalue weighted by Crippen LogP contribution is -2.38. The maximum atomic E-state index is 12.8. The van der Waals surface area contributed by atoms with Crippen LogP contribution in [0.15, 0.2) is 42.9 Å². The Labute approximate surface area is 207 Å². The maximum Gasteiger partial charge on any atom is 0.228 e. The van der Waals surface area contributed by atoms with Gasteiger partial charge in [-0.3, -0.25) is 9.78 Å². The van der Waals surface area contributed by atoms with Crippen LogP contribution in [0, 0.1) is 13.8 Å². The molecule has 4 aromatic rings. The number of imidazole rings is 1. The van der Waals surface area contributed by atoms with Crippen LogP contribution >= 0.6 is 0 Å². The summed E-state index contributed by atoms with van der Waals surface area (Å²) in [5.74, 6) is 1.05. The molecular formula is C29H35N5O. The highest BCUT2D eigenvalue weighted by atomic mass is 16.2. The number of piperidine rings is 1. The summed E-state index contributed by atoms with van der Waals surface area (Å²) in [5, 5.41) is 1.31. The first-order valence-electron chi connectivity index (χ1n) is 12.6. The van der Waals surface area contributed by atoms with Crippen molar-refractivity contribution in [3.8, 4) is 11.3 Å². The highest BCUT2D eigenvalue weighted by Gasteiger charge is 2.25. The van der Waals surface area contributed by atoms with E-state index in [0.29, 0.717) is 18.3 Å². The summed E-state index contributed by atoms with van der Waals surface area (Å²) in [7, 11) is 1.93. The van der Waals surface area contributed by atoms with Gasteiger partial charge >= 0.3 is 0 Å². The summed E-state index contributed by atoms with van der Waals surface area (Å²) in [5.41, 5.74) is 9.26. The quantitative estimate of drug-likeness (QED) is 0.411. The third-order valence-corrected chi connectivity index (χ3v) is 7.22. The number of rotatable bonds is 5. The van der Waals surface area contributed by atoms with Crippen LogP contribution in [0.3, 0.4) is 0 Å². The second kappa shape index (κ2) is 9.33. The third-order valence-electron chi connectivity index (χ3n) is 7.22. The van der Waals surface area contributed by atoms with E-state index in [1.807, 2.05) is 22.7 Å². The van der Waals surface area contributed by atoms with Crippen LogP contribution in [0.1, 0.15) is 66.7 Å². The van der Waals surface area contributed by atoms with Gasteiger partial charge in [-0.1, -0.05) is 19.9 Å². The van der Waals surface area contributed by atoms with Gasteiger partial charge in [0.1, 0.15) is 0 Å². The highest BCUT2D eigenvalue weighted by molar-refractivity contribution is 5.92. The fourth-order valence-corrected chi connectivity index (χ4v) is 5.58. The molecule has 1 saturated heterocycles. The number of aromatic amines is 1. The minimum atomic E-state index is 0.179. The zero-order valence-corrected chi connectivity index (χ0v) is 21.4. The number of H-pyrrole nitrogens is 1. The van der Waals surface area contributed by atoms with Crippen LogP contribution < -0.4 is 0 Å². The van der Waals surface area contributed by atoms with Crippen LogP contribution in [0.5, 0.6) is 0 Å². The number of benzene rings is 1. The van der Waals surface area contributed by atoms with Crippen molar-refractivity contribution >= 4 is 16.8 Å². The lowest BCUT2D eigenvalue weighted by Gasteiger charge is -2.32. The fraction of sp³-hybridized carbons (Fsp3) is 0.414. The van der Waals surface area contributed by atoms with Crippen molar-refractivity contribution in [3.05, 3.63) is 71.1 Å². The van der Waals surface area contributed by atoms with Crippen LogP contribution in [0.4, 0.5) is 0 Å². The number of hydrogen-bond donors (Lipinski definition) is 1. The molecule has 182 valence electrons. The molecule has 5 rings (SSSR count). The summed E-state index contributed by atoms with van der Waals surface area (Å²) in [6.07, 6.45) is 6.05. The first kappa shape index (κ1) is 23.3. The molecule has 4 heterocycles.